The van der Waals surface area contributed by atoms with Crippen LogP contribution < -0.4 is 10.1 Å². The largest absolute Gasteiger partial charge is 0.486 e. The summed E-state index contributed by atoms with van der Waals surface area (Å²) in [6.45, 7) is 10.3. The molecule has 22 heavy (non-hydrogen) atoms. The lowest BCUT2D eigenvalue weighted by molar-refractivity contribution is -0.117. The van der Waals surface area contributed by atoms with Gasteiger partial charge in [0, 0.05) is 18.5 Å². The van der Waals surface area contributed by atoms with Gasteiger partial charge in [0.25, 0.3) is 0 Å². The van der Waals surface area contributed by atoms with Crippen LogP contribution in [0.15, 0.2) is 24.3 Å². The molecule has 1 rings (SSSR count). The Hall–Kier alpha value is -1.68. The second-order valence-corrected chi connectivity index (χ2v) is 6.07. The first-order valence-electron chi connectivity index (χ1n) is 7.71. The molecular formula is C18H26FNO2. The monoisotopic (exact) mass is 307 g/mol. The molecule has 1 atom stereocenters. The van der Waals surface area contributed by atoms with Crippen molar-refractivity contribution in [3.8, 4) is 5.75 Å². The molecule has 0 saturated heterocycles. The second-order valence-electron chi connectivity index (χ2n) is 6.07. The number of hydrogen-bond donors (Lipinski definition) is 1. The standard InChI is InChI=1S/C18H26FNO2/c1-12(2)17(21)9-7-15-6-8-16(19)18(10-15)22-14(5)11-20-13(3)4/h6-10,12-14,20H,11H2,1-5H3/b9-7+/t14-/m1/s1. The zero-order chi connectivity index (χ0) is 16.7. The highest BCUT2D eigenvalue weighted by molar-refractivity contribution is 5.94. The Bertz CT molecular complexity index is 524. The van der Waals surface area contributed by atoms with Crippen molar-refractivity contribution in [1.82, 2.24) is 5.32 Å². The molecule has 0 heterocycles. The number of halogens is 1. The fraction of sp³-hybridized carbons (Fsp3) is 0.500. The minimum atomic E-state index is -0.399. The van der Waals surface area contributed by atoms with Gasteiger partial charge in [-0.15, -0.1) is 0 Å². The summed E-state index contributed by atoms with van der Waals surface area (Å²) in [5.74, 6) is -0.197. The van der Waals surface area contributed by atoms with Crippen molar-refractivity contribution in [3.05, 3.63) is 35.7 Å². The molecule has 0 aliphatic rings. The summed E-state index contributed by atoms with van der Waals surface area (Å²) in [5, 5.41) is 3.25. The van der Waals surface area contributed by atoms with E-state index < -0.39 is 5.82 Å². The zero-order valence-corrected chi connectivity index (χ0v) is 14.0. The molecule has 0 spiro atoms. The van der Waals surface area contributed by atoms with E-state index in [2.05, 4.69) is 5.32 Å². The van der Waals surface area contributed by atoms with E-state index in [0.717, 1.165) is 5.56 Å². The van der Waals surface area contributed by atoms with Gasteiger partial charge in [0.15, 0.2) is 17.3 Å². The molecule has 4 heteroatoms. The van der Waals surface area contributed by atoms with E-state index in [1.54, 1.807) is 18.2 Å². The van der Waals surface area contributed by atoms with E-state index in [1.807, 2.05) is 34.6 Å². The highest BCUT2D eigenvalue weighted by Gasteiger charge is 2.10. The molecule has 1 aromatic rings. The molecule has 122 valence electrons. The average molecular weight is 307 g/mol. The van der Waals surface area contributed by atoms with Crippen LogP contribution >= 0.6 is 0 Å². The van der Waals surface area contributed by atoms with Crippen LogP contribution in [-0.4, -0.2) is 24.5 Å². The minimum Gasteiger partial charge on any atom is -0.486 e. The maximum atomic E-state index is 13.8. The fourth-order valence-electron chi connectivity index (χ4n) is 1.74. The Morgan fingerprint density at radius 3 is 2.55 bits per heavy atom. The maximum absolute atomic E-state index is 13.8. The van der Waals surface area contributed by atoms with Crippen molar-refractivity contribution in [2.24, 2.45) is 5.92 Å². The summed E-state index contributed by atoms with van der Waals surface area (Å²) < 4.78 is 19.5. The summed E-state index contributed by atoms with van der Waals surface area (Å²) in [7, 11) is 0. The van der Waals surface area contributed by atoms with Gasteiger partial charge in [-0.25, -0.2) is 4.39 Å². The molecule has 0 fully saturated rings. The van der Waals surface area contributed by atoms with Gasteiger partial charge < -0.3 is 10.1 Å². The van der Waals surface area contributed by atoms with Gasteiger partial charge in [-0.05, 0) is 30.7 Å². The van der Waals surface area contributed by atoms with Gasteiger partial charge in [0.1, 0.15) is 6.10 Å². The van der Waals surface area contributed by atoms with Crippen LogP contribution in [0.4, 0.5) is 4.39 Å². The van der Waals surface area contributed by atoms with Crippen molar-refractivity contribution < 1.29 is 13.9 Å². The summed E-state index contributed by atoms with van der Waals surface area (Å²) >= 11 is 0. The first kappa shape index (κ1) is 18.4. The highest BCUT2D eigenvalue weighted by Crippen LogP contribution is 2.21. The Labute approximate surface area is 132 Å². The quantitative estimate of drug-likeness (QED) is 0.742. The molecular weight excluding hydrogens is 281 g/mol. The average Bonchev–Trinajstić information content (AvgIpc) is 2.45. The van der Waals surface area contributed by atoms with Crippen LogP contribution in [0.25, 0.3) is 6.08 Å². The van der Waals surface area contributed by atoms with Crippen LogP contribution in [-0.2, 0) is 4.79 Å². The minimum absolute atomic E-state index is 0.0429. The number of allylic oxidation sites excluding steroid dienone is 1. The Balaban J connectivity index is 2.75. The smallest absolute Gasteiger partial charge is 0.165 e. The summed E-state index contributed by atoms with van der Waals surface area (Å²) in [6, 6.07) is 4.96. The number of carbonyl (C=O) groups excluding carboxylic acids is 1. The number of nitrogens with one attached hydrogen (secondary N) is 1. The van der Waals surface area contributed by atoms with Gasteiger partial charge >= 0.3 is 0 Å². The second kappa shape index (κ2) is 8.69. The molecule has 0 bridgehead atoms. The number of ketones is 1. The van der Waals surface area contributed by atoms with Crippen molar-refractivity contribution in [3.63, 3.8) is 0 Å². The number of carbonyl (C=O) groups is 1. The normalized spacial score (nSPS) is 13.1. The third-order valence-corrected chi connectivity index (χ3v) is 3.11. The van der Waals surface area contributed by atoms with E-state index in [4.69, 9.17) is 4.74 Å². The van der Waals surface area contributed by atoms with Crippen molar-refractivity contribution >= 4 is 11.9 Å². The van der Waals surface area contributed by atoms with Gasteiger partial charge in [-0.2, -0.15) is 0 Å². The van der Waals surface area contributed by atoms with Crippen LogP contribution in [0.1, 0.15) is 40.2 Å². The van der Waals surface area contributed by atoms with Gasteiger partial charge in [0.05, 0.1) is 0 Å². The van der Waals surface area contributed by atoms with Gasteiger partial charge in [-0.3, -0.25) is 4.79 Å². The Morgan fingerprint density at radius 2 is 1.95 bits per heavy atom. The number of benzene rings is 1. The molecule has 0 radical (unpaired) electrons. The molecule has 0 unspecified atom stereocenters. The Kier molecular flexibility index (Phi) is 7.25. The summed E-state index contributed by atoms with van der Waals surface area (Å²) in [5.41, 5.74) is 0.745. The molecule has 1 aromatic carbocycles. The SMILES string of the molecule is CC(C)NC[C@@H](C)Oc1cc(/C=C/C(=O)C(C)C)ccc1F. The first-order chi connectivity index (χ1) is 10.3. The first-order valence-corrected chi connectivity index (χ1v) is 7.71. The lowest BCUT2D eigenvalue weighted by atomic mass is 10.1. The van der Waals surface area contributed by atoms with Crippen LogP contribution in [0.5, 0.6) is 5.75 Å². The highest BCUT2D eigenvalue weighted by atomic mass is 19.1. The molecule has 0 amide bonds. The van der Waals surface area contributed by atoms with Crippen molar-refractivity contribution in [1.29, 1.82) is 0 Å². The molecule has 0 aliphatic heterocycles. The van der Waals surface area contributed by atoms with E-state index in [0.29, 0.717) is 12.6 Å². The maximum Gasteiger partial charge on any atom is 0.165 e. The van der Waals surface area contributed by atoms with Gasteiger partial charge in [0.2, 0.25) is 0 Å². The Morgan fingerprint density at radius 1 is 1.27 bits per heavy atom. The summed E-state index contributed by atoms with van der Waals surface area (Å²) in [4.78, 5) is 11.6. The third-order valence-electron chi connectivity index (χ3n) is 3.11. The van der Waals surface area contributed by atoms with Crippen LogP contribution in [0.3, 0.4) is 0 Å². The lowest BCUT2D eigenvalue weighted by Gasteiger charge is -2.17. The number of rotatable bonds is 8. The predicted molar refractivity (Wildman–Crippen MR) is 88.5 cm³/mol. The lowest BCUT2D eigenvalue weighted by Crippen LogP contribution is -2.33. The van der Waals surface area contributed by atoms with E-state index in [1.165, 1.54) is 12.1 Å². The zero-order valence-electron chi connectivity index (χ0n) is 14.0. The molecule has 0 saturated carbocycles. The van der Waals surface area contributed by atoms with E-state index in [9.17, 15) is 9.18 Å². The molecule has 3 nitrogen and oxygen atoms in total. The van der Waals surface area contributed by atoms with Gasteiger partial charge in [-0.1, -0.05) is 39.8 Å². The van der Waals surface area contributed by atoms with Crippen LogP contribution in [0, 0.1) is 11.7 Å². The molecule has 0 aliphatic carbocycles. The topological polar surface area (TPSA) is 38.3 Å². The number of ether oxygens (including phenoxy) is 1. The van der Waals surface area contributed by atoms with Crippen molar-refractivity contribution in [2.75, 3.05) is 6.54 Å². The predicted octanol–water partition coefficient (Wildman–Crippen LogP) is 3.83. The molecule has 1 N–H and O–H groups in total. The fourth-order valence-corrected chi connectivity index (χ4v) is 1.74. The molecule has 0 aromatic heterocycles. The van der Waals surface area contributed by atoms with Crippen molar-refractivity contribution in [2.45, 2.75) is 46.8 Å². The van der Waals surface area contributed by atoms with E-state index >= 15 is 0 Å². The summed E-state index contributed by atoms with van der Waals surface area (Å²) in [6.07, 6.45) is 3.06. The third kappa shape index (κ3) is 6.39. The number of hydrogen-bond acceptors (Lipinski definition) is 3. The van der Waals surface area contributed by atoms with Crippen LogP contribution in [0.2, 0.25) is 0 Å². The van der Waals surface area contributed by atoms with E-state index in [-0.39, 0.29) is 23.6 Å².